The fourth-order valence-electron chi connectivity index (χ4n) is 5.20. The summed E-state index contributed by atoms with van der Waals surface area (Å²) >= 11 is 0. The number of likely N-dealkylation sites (tertiary alicyclic amines) is 1. The second kappa shape index (κ2) is 4.71. The molecule has 0 spiro atoms. The van der Waals surface area contributed by atoms with Gasteiger partial charge in [-0.2, -0.15) is 0 Å². The van der Waals surface area contributed by atoms with Crippen molar-refractivity contribution in [1.29, 1.82) is 0 Å². The molecule has 1 heterocycles. The van der Waals surface area contributed by atoms with Crippen molar-refractivity contribution in [3.8, 4) is 0 Å². The third-order valence-electron chi connectivity index (χ3n) is 6.70. The Kier molecular flexibility index (Phi) is 2.80. The van der Waals surface area contributed by atoms with Crippen LogP contribution in [0.2, 0.25) is 0 Å². The lowest BCUT2D eigenvalue weighted by Gasteiger charge is -2.37. The molecule has 4 heteroatoms. The van der Waals surface area contributed by atoms with Gasteiger partial charge in [0.25, 0.3) is 0 Å². The summed E-state index contributed by atoms with van der Waals surface area (Å²) in [5, 5.41) is 3.26. The zero-order valence-electron chi connectivity index (χ0n) is 14.0. The normalized spacial score (nSPS) is 38.3. The number of rotatable bonds is 3. The van der Waals surface area contributed by atoms with E-state index in [-0.39, 0.29) is 30.3 Å². The third-order valence-corrected chi connectivity index (χ3v) is 6.70. The number of allylic oxidation sites excluding steroid dienone is 2. The highest BCUT2D eigenvalue weighted by atomic mass is 16.2. The van der Waals surface area contributed by atoms with Crippen LogP contribution in [-0.4, -0.2) is 23.4 Å². The molecule has 2 saturated carbocycles. The molecule has 4 nitrogen and oxygen atoms in total. The van der Waals surface area contributed by atoms with Crippen LogP contribution in [0.5, 0.6) is 0 Å². The minimum Gasteiger partial charge on any atom is -0.367 e. The molecular weight excluding hydrogens is 300 g/mol. The molecule has 4 aliphatic carbocycles. The summed E-state index contributed by atoms with van der Waals surface area (Å²) in [4.78, 5) is 27.2. The SMILES string of the molecule is Cc1ccc(NCN2C(=O)[C@@H]3[C@H]4C=C[C@@H]([C@@H]5C[C@H]45)[C@@H]3C2=O)cc1C. The van der Waals surface area contributed by atoms with Gasteiger partial charge < -0.3 is 5.32 Å². The highest BCUT2D eigenvalue weighted by molar-refractivity contribution is 6.06. The van der Waals surface area contributed by atoms with Crippen molar-refractivity contribution in [2.75, 3.05) is 12.0 Å². The molecule has 6 atom stereocenters. The molecule has 1 saturated heterocycles. The number of nitrogens with one attached hydrogen (secondary N) is 1. The second-order valence-corrected chi connectivity index (χ2v) is 7.89. The van der Waals surface area contributed by atoms with Gasteiger partial charge in [0.15, 0.2) is 0 Å². The summed E-state index contributed by atoms with van der Waals surface area (Å²) in [6.45, 7) is 4.42. The van der Waals surface area contributed by atoms with E-state index in [0.717, 1.165) is 5.69 Å². The van der Waals surface area contributed by atoms with Gasteiger partial charge in [0, 0.05) is 5.69 Å². The Hall–Kier alpha value is -2.10. The van der Waals surface area contributed by atoms with Crippen LogP contribution < -0.4 is 5.32 Å². The van der Waals surface area contributed by atoms with Gasteiger partial charge in [-0.1, -0.05) is 18.2 Å². The lowest BCUT2D eigenvalue weighted by molar-refractivity contribution is -0.139. The predicted octanol–water partition coefficient (Wildman–Crippen LogP) is 2.73. The van der Waals surface area contributed by atoms with Gasteiger partial charge in [-0.25, -0.2) is 0 Å². The van der Waals surface area contributed by atoms with Gasteiger partial charge in [0.2, 0.25) is 11.8 Å². The molecule has 5 aliphatic rings. The molecule has 0 unspecified atom stereocenters. The summed E-state index contributed by atoms with van der Waals surface area (Å²) < 4.78 is 0. The van der Waals surface area contributed by atoms with Crippen LogP contribution in [0.3, 0.4) is 0 Å². The number of hydrogen-bond donors (Lipinski definition) is 1. The zero-order chi connectivity index (χ0) is 16.6. The van der Waals surface area contributed by atoms with Crippen LogP contribution in [0.15, 0.2) is 30.4 Å². The van der Waals surface area contributed by atoms with Crippen LogP contribution in [0.4, 0.5) is 5.69 Å². The van der Waals surface area contributed by atoms with Gasteiger partial charge in [0.05, 0.1) is 18.5 Å². The first kappa shape index (κ1) is 14.3. The van der Waals surface area contributed by atoms with Crippen LogP contribution in [-0.2, 0) is 9.59 Å². The molecule has 2 bridgehead atoms. The first-order valence-electron chi connectivity index (χ1n) is 8.91. The fraction of sp³-hybridized carbons (Fsp3) is 0.500. The Bertz CT molecular complexity index is 748. The van der Waals surface area contributed by atoms with Crippen molar-refractivity contribution >= 4 is 17.5 Å². The van der Waals surface area contributed by atoms with E-state index >= 15 is 0 Å². The number of amides is 2. The fourth-order valence-corrected chi connectivity index (χ4v) is 5.20. The predicted molar refractivity (Wildman–Crippen MR) is 91.0 cm³/mol. The monoisotopic (exact) mass is 322 g/mol. The lowest BCUT2D eigenvalue weighted by atomic mass is 9.63. The van der Waals surface area contributed by atoms with Crippen LogP contribution in [0.25, 0.3) is 0 Å². The van der Waals surface area contributed by atoms with Crippen molar-refractivity contribution in [2.45, 2.75) is 20.3 Å². The molecule has 24 heavy (non-hydrogen) atoms. The van der Waals surface area contributed by atoms with Crippen molar-refractivity contribution in [3.05, 3.63) is 41.5 Å². The highest BCUT2D eigenvalue weighted by Crippen LogP contribution is 2.65. The molecule has 3 fully saturated rings. The van der Waals surface area contributed by atoms with Crippen molar-refractivity contribution in [3.63, 3.8) is 0 Å². The van der Waals surface area contributed by atoms with Gasteiger partial charge >= 0.3 is 0 Å². The maximum atomic E-state index is 12.9. The van der Waals surface area contributed by atoms with Gasteiger partial charge in [0.1, 0.15) is 0 Å². The van der Waals surface area contributed by atoms with Crippen molar-refractivity contribution in [2.24, 2.45) is 35.5 Å². The van der Waals surface area contributed by atoms with E-state index in [1.165, 1.54) is 22.4 Å². The number of aryl methyl sites for hydroxylation is 2. The standard InChI is InChI=1S/C20H22N2O2/c1-10-3-4-12(7-11(10)2)21-9-22-19(23)17-13-5-6-14(16-8-15(13)16)18(17)20(22)24/h3-7,13-18,21H,8-9H2,1-2H3/t13-,14-,15-,16+,17-,18+/m0/s1. The molecule has 0 radical (unpaired) electrons. The summed E-state index contributed by atoms with van der Waals surface area (Å²) in [6, 6.07) is 6.12. The van der Waals surface area contributed by atoms with Gasteiger partial charge in [-0.15, -0.1) is 0 Å². The van der Waals surface area contributed by atoms with E-state index in [4.69, 9.17) is 0 Å². The molecular formula is C20H22N2O2. The number of imide groups is 1. The summed E-state index contributed by atoms with van der Waals surface area (Å²) in [5.41, 5.74) is 3.40. The first-order chi connectivity index (χ1) is 11.6. The average Bonchev–Trinajstić information content (AvgIpc) is 3.35. The van der Waals surface area contributed by atoms with E-state index in [1.54, 1.807) is 0 Å². The third kappa shape index (κ3) is 1.80. The minimum absolute atomic E-state index is 0.0334. The molecule has 6 rings (SSSR count). The molecule has 2 amide bonds. The zero-order valence-corrected chi connectivity index (χ0v) is 14.0. The smallest absolute Gasteiger partial charge is 0.235 e. The summed E-state index contributed by atoms with van der Waals surface area (Å²) in [5.74, 6) is 1.78. The van der Waals surface area contributed by atoms with E-state index in [9.17, 15) is 9.59 Å². The number of hydrogen-bond acceptors (Lipinski definition) is 3. The average molecular weight is 322 g/mol. The quantitative estimate of drug-likeness (QED) is 0.688. The maximum Gasteiger partial charge on any atom is 0.235 e. The topological polar surface area (TPSA) is 49.4 Å². The van der Waals surface area contributed by atoms with E-state index in [1.807, 2.05) is 6.07 Å². The number of benzene rings is 1. The Morgan fingerprint density at radius 3 is 2.21 bits per heavy atom. The molecule has 1 aromatic carbocycles. The highest BCUT2D eigenvalue weighted by Gasteiger charge is 2.66. The van der Waals surface area contributed by atoms with Gasteiger partial charge in [-0.3, -0.25) is 14.5 Å². The number of carbonyl (C=O) groups excluding carboxylic acids is 2. The summed E-state index contributed by atoms with van der Waals surface area (Å²) in [7, 11) is 0. The van der Waals surface area contributed by atoms with E-state index in [0.29, 0.717) is 23.7 Å². The van der Waals surface area contributed by atoms with Crippen molar-refractivity contribution in [1.82, 2.24) is 4.90 Å². The minimum atomic E-state index is -0.0993. The number of anilines is 1. The Morgan fingerprint density at radius 2 is 1.62 bits per heavy atom. The van der Waals surface area contributed by atoms with Crippen LogP contribution in [0, 0.1) is 49.4 Å². The molecule has 1 aromatic rings. The second-order valence-electron chi connectivity index (χ2n) is 7.89. The Labute approximate surface area is 141 Å². The number of nitrogens with zero attached hydrogens (tertiary/aromatic N) is 1. The molecule has 0 aromatic heterocycles. The largest absolute Gasteiger partial charge is 0.367 e. The van der Waals surface area contributed by atoms with Crippen molar-refractivity contribution < 1.29 is 9.59 Å². The summed E-state index contributed by atoms with van der Waals surface area (Å²) in [6.07, 6.45) is 5.63. The Morgan fingerprint density at radius 1 is 1.00 bits per heavy atom. The van der Waals surface area contributed by atoms with Crippen LogP contribution >= 0.6 is 0 Å². The maximum absolute atomic E-state index is 12.9. The van der Waals surface area contributed by atoms with Gasteiger partial charge in [-0.05, 0) is 67.2 Å². The Balaban J connectivity index is 1.36. The van der Waals surface area contributed by atoms with Crippen LogP contribution in [0.1, 0.15) is 17.5 Å². The number of carbonyl (C=O) groups is 2. The molecule has 1 aliphatic heterocycles. The van der Waals surface area contributed by atoms with E-state index < -0.39 is 0 Å². The molecule has 124 valence electrons. The first-order valence-corrected chi connectivity index (χ1v) is 8.91. The lowest BCUT2D eigenvalue weighted by Crippen LogP contribution is -2.40. The van der Waals surface area contributed by atoms with E-state index in [2.05, 4.69) is 43.4 Å². The molecule has 1 N–H and O–H groups in total.